The van der Waals surface area contributed by atoms with Crippen molar-refractivity contribution in [2.45, 2.75) is 10.6 Å². The number of rotatable bonds is 3. The van der Waals surface area contributed by atoms with Crippen molar-refractivity contribution >= 4 is 27.5 Å². The molecule has 3 rings (SSSR count). The second-order valence-corrected chi connectivity index (χ2v) is 7.01. The molecule has 1 amide bonds. The highest BCUT2D eigenvalue weighted by molar-refractivity contribution is 7.89. The molecule has 0 radical (unpaired) electrons. The van der Waals surface area contributed by atoms with Gasteiger partial charge in [0.05, 0.1) is 5.02 Å². The minimum Gasteiger partial charge on any atom is -0.351 e. The van der Waals surface area contributed by atoms with Crippen LogP contribution < -0.4 is 10.5 Å². The van der Waals surface area contributed by atoms with Gasteiger partial charge >= 0.3 is 0 Å². The summed E-state index contributed by atoms with van der Waals surface area (Å²) in [6, 6.07) is 11.2. The third kappa shape index (κ3) is 2.42. The van der Waals surface area contributed by atoms with Gasteiger partial charge in [0.2, 0.25) is 10.0 Å². The second kappa shape index (κ2) is 5.31. The monoisotopic (exact) mass is 352 g/mol. The average molecular weight is 353 g/mol. The smallest absolute Gasteiger partial charge is 0.254 e. The number of hydrogen-bond acceptors (Lipinski definition) is 4. The van der Waals surface area contributed by atoms with Gasteiger partial charge in [-0.2, -0.15) is 0 Å². The molecule has 1 unspecified atom stereocenters. The number of carbonyl (C=O) groups excluding carboxylic acids is 1. The Kier molecular flexibility index (Phi) is 3.68. The minimum absolute atomic E-state index is 0.000103. The third-order valence-corrected chi connectivity index (χ3v) is 5.18. The van der Waals surface area contributed by atoms with E-state index in [0.29, 0.717) is 16.7 Å². The molecule has 0 saturated carbocycles. The first-order valence-corrected chi connectivity index (χ1v) is 8.52. The molecule has 0 bridgehead atoms. The maximum Gasteiger partial charge on any atom is 0.254 e. The number of benzene rings is 2. The molecule has 0 aliphatic carbocycles. The van der Waals surface area contributed by atoms with Gasteiger partial charge in [0.15, 0.2) is 5.72 Å². The summed E-state index contributed by atoms with van der Waals surface area (Å²) in [5.41, 5.74) is 0.168. The lowest BCUT2D eigenvalue weighted by molar-refractivity contribution is 0.00320. The molecule has 1 heterocycles. The molecule has 1 aliphatic rings. The van der Waals surface area contributed by atoms with Crippen LogP contribution in [0.25, 0.3) is 0 Å². The Bertz CT molecular complexity index is 913. The molecule has 2 aromatic rings. The van der Waals surface area contributed by atoms with Crippen LogP contribution in [0.2, 0.25) is 5.02 Å². The number of nitrogens with one attached hydrogen (secondary N) is 1. The molecule has 120 valence electrons. The molecule has 0 fully saturated rings. The summed E-state index contributed by atoms with van der Waals surface area (Å²) in [4.78, 5) is 12.0. The van der Waals surface area contributed by atoms with E-state index in [1.807, 2.05) is 0 Å². The van der Waals surface area contributed by atoms with Crippen LogP contribution in [-0.2, 0) is 20.5 Å². The van der Waals surface area contributed by atoms with Crippen molar-refractivity contribution in [2.75, 3.05) is 7.11 Å². The van der Waals surface area contributed by atoms with Crippen LogP contribution in [0, 0.1) is 0 Å². The van der Waals surface area contributed by atoms with Gasteiger partial charge in [-0.25, -0.2) is 13.6 Å². The normalized spacial score (nSPS) is 20.2. The van der Waals surface area contributed by atoms with Crippen molar-refractivity contribution in [3.63, 3.8) is 0 Å². The van der Waals surface area contributed by atoms with E-state index in [-0.39, 0.29) is 15.8 Å². The highest BCUT2D eigenvalue weighted by atomic mass is 35.5. The number of halogens is 1. The maximum absolute atomic E-state index is 12.2. The number of hydrogen-bond donors (Lipinski definition) is 2. The first-order valence-electron chi connectivity index (χ1n) is 6.59. The number of sulfonamides is 1. The van der Waals surface area contributed by atoms with E-state index in [1.165, 1.54) is 19.2 Å². The lowest BCUT2D eigenvalue weighted by Crippen LogP contribution is -2.42. The number of fused-ring (bicyclic) bond motifs is 1. The number of methoxy groups -OCH3 is 1. The molecule has 0 spiro atoms. The number of nitrogens with two attached hydrogens (primary N) is 1. The standard InChI is InChI=1S/C15H13ClN2O4S/c1-22-15(11-5-3-2-4-10(11)14(19)18-15)9-6-7-12(16)13(8-9)23(17,20)21/h2-8H,1H3,(H,18,19)(H2,17,20,21). The van der Waals surface area contributed by atoms with E-state index in [4.69, 9.17) is 21.5 Å². The van der Waals surface area contributed by atoms with E-state index < -0.39 is 15.7 Å². The molecular formula is C15H13ClN2O4S. The third-order valence-electron chi connectivity index (χ3n) is 3.79. The van der Waals surface area contributed by atoms with Crippen molar-refractivity contribution in [1.29, 1.82) is 0 Å². The van der Waals surface area contributed by atoms with Gasteiger partial charge in [-0.05, 0) is 18.2 Å². The topological polar surface area (TPSA) is 98.5 Å². The minimum atomic E-state index is -4.01. The van der Waals surface area contributed by atoms with E-state index in [2.05, 4.69) is 5.32 Å². The molecule has 8 heteroatoms. The number of ether oxygens (including phenoxy) is 1. The molecular weight excluding hydrogens is 340 g/mol. The maximum atomic E-state index is 12.2. The number of primary sulfonamides is 1. The van der Waals surface area contributed by atoms with E-state index >= 15 is 0 Å². The van der Waals surface area contributed by atoms with Gasteiger partial charge in [-0.15, -0.1) is 0 Å². The first kappa shape index (κ1) is 15.9. The van der Waals surface area contributed by atoms with Gasteiger partial charge in [0.1, 0.15) is 4.90 Å². The van der Waals surface area contributed by atoms with E-state index in [0.717, 1.165) is 0 Å². The fraction of sp³-hybridized carbons (Fsp3) is 0.133. The molecule has 0 saturated heterocycles. The summed E-state index contributed by atoms with van der Waals surface area (Å²) in [6.45, 7) is 0. The zero-order chi connectivity index (χ0) is 16.8. The Hall–Kier alpha value is -1.93. The van der Waals surface area contributed by atoms with Gasteiger partial charge in [0.25, 0.3) is 5.91 Å². The Morgan fingerprint density at radius 1 is 1.22 bits per heavy atom. The zero-order valence-corrected chi connectivity index (χ0v) is 13.6. The first-order chi connectivity index (χ1) is 10.8. The zero-order valence-electron chi connectivity index (χ0n) is 12.0. The summed E-state index contributed by atoms with van der Waals surface area (Å²) in [5, 5.41) is 7.95. The van der Waals surface area contributed by atoms with Crippen molar-refractivity contribution in [3.8, 4) is 0 Å². The van der Waals surface area contributed by atoms with Crippen LogP contribution in [0.4, 0.5) is 0 Å². The average Bonchev–Trinajstić information content (AvgIpc) is 2.81. The number of amides is 1. The van der Waals surface area contributed by atoms with Crippen molar-refractivity contribution in [2.24, 2.45) is 5.14 Å². The largest absolute Gasteiger partial charge is 0.351 e. The van der Waals surface area contributed by atoms with Gasteiger partial charge < -0.3 is 10.1 Å². The Morgan fingerprint density at radius 2 is 1.91 bits per heavy atom. The van der Waals surface area contributed by atoms with Crippen molar-refractivity contribution < 1.29 is 17.9 Å². The summed E-state index contributed by atoms with van der Waals surface area (Å²) < 4.78 is 29.0. The fourth-order valence-corrected chi connectivity index (χ4v) is 3.80. The van der Waals surface area contributed by atoms with Crippen LogP contribution >= 0.6 is 11.6 Å². The Balaban J connectivity index is 2.27. The summed E-state index contributed by atoms with van der Waals surface area (Å²) in [6.07, 6.45) is 0. The van der Waals surface area contributed by atoms with Crippen LogP contribution in [0.1, 0.15) is 21.5 Å². The molecule has 1 aliphatic heterocycles. The molecule has 2 aromatic carbocycles. The second-order valence-electron chi connectivity index (χ2n) is 5.08. The Labute approximate surface area is 138 Å². The molecule has 23 heavy (non-hydrogen) atoms. The highest BCUT2D eigenvalue weighted by Crippen LogP contribution is 2.39. The Morgan fingerprint density at radius 3 is 2.57 bits per heavy atom. The van der Waals surface area contributed by atoms with Crippen LogP contribution in [0.3, 0.4) is 0 Å². The highest BCUT2D eigenvalue weighted by Gasteiger charge is 2.45. The molecule has 1 atom stereocenters. The summed E-state index contributed by atoms with van der Waals surface area (Å²) in [7, 11) is -2.59. The van der Waals surface area contributed by atoms with E-state index in [9.17, 15) is 13.2 Å². The predicted molar refractivity (Wildman–Crippen MR) is 84.5 cm³/mol. The fourth-order valence-electron chi connectivity index (χ4n) is 2.73. The van der Waals surface area contributed by atoms with Crippen LogP contribution in [0.15, 0.2) is 47.4 Å². The predicted octanol–water partition coefficient (Wildman–Crippen LogP) is 1.58. The number of carbonyl (C=O) groups is 1. The van der Waals surface area contributed by atoms with Crippen LogP contribution in [-0.4, -0.2) is 21.4 Å². The van der Waals surface area contributed by atoms with Gasteiger partial charge in [-0.3, -0.25) is 4.79 Å². The van der Waals surface area contributed by atoms with Crippen molar-refractivity contribution in [1.82, 2.24) is 5.32 Å². The molecule has 6 nitrogen and oxygen atoms in total. The quantitative estimate of drug-likeness (QED) is 0.876. The summed E-state index contributed by atoms with van der Waals surface area (Å²) >= 11 is 5.92. The lowest BCUT2D eigenvalue weighted by atomic mass is 9.94. The van der Waals surface area contributed by atoms with Gasteiger partial charge in [0, 0.05) is 23.8 Å². The SMILES string of the molecule is COC1(c2ccc(Cl)c(S(N)(=O)=O)c2)NC(=O)c2ccccc21. The molecule has 0 aromatic heterocycles. The van der Waals surface area contributed by atoms with E-state index in [1.54, 1.807) is 30.3 Å². The van der Waals surface area contributed by atoms with Crippen molar-refractivity contribution in [3.05, 3.63) is 64.2 Å². The lowest BCUT2D eigenvalue weighted by Gasteiger charge is -2.29. The summed E-state index contributed by atoms with van der Waals surface area (Å²) in [5.74, 6) is -0.311. The van der Waals surface area contributed by atoms with Crippen LogP contribution in [0.5, 0.6) is 0 Å². The van der Waals surface area contributed by atoms with Gasteiger partial charge in [-0.1, -0.05) is 35.9 Å². The molecule has 3 N–H and O–H groups in total.